The van der Waals surface area contributed by atoms with Crippen LogP contribution in [0.3, 0.4) is 0 Å². The van der Waals surface area contributed by atoms with Gasteiger partial charge in [0.15, 0.2) is 0 Å². The molecule has 0 spiro atoms. The average Bonchev–Trinajstić information content (AvgIpc) is 2.01. The lowest BCUT2D eigenvalue weighted by Crippen LogP contribution is -1.98. The van der Waals surface area contributed by atoms with E-state index >= 15 is 0 Å². The highest BCUT2D eigenvalue weighted by atomic mass is 35.5. The first kappa shape index (κ1) is 9.85. The molecule has 1 atom stereocenters. The number of halogens is 2. The van der Waals surface area contributed by atoms with Gasteiger partial charge in [-0.2, -0.15) is 0 Å². The van der Waals surface area contributed by atoms with Crippen LogP contribution in [0.25, 0.3) is 0 Å². The summed E-state index contributed by atoms with van der Waals surface area (Å²) in [6.07, 6.45) is 0. The maximum atomic E-state index is 8.82. The molecule has 1 N–H and O–H groups in total. The Morgan fingerprint density at radius 1 is 1.25 bits per heavy atom. The van der Waals surface area contributed by atoms with Crippen LogP contribution in [0.5, 0.6) is 0 Å². The van der Waals surface area contributed by atoms with E-state index in [1.165, 1.54) is 0 Å². The van der Waals surface area contributed by atoms with Crippen molar-refractivity contribution in [1.82, 2.24) is 0 Å². The molecule has 0 saturated heterocycles. The predicted octanol–water partition coefficient (Wildman–Crippen LogP) is 2.90. The van der Waals surface area contributed by atoms with E-state index in [-0.39, 0.29) is 12.5 Å². The van der Waals surface area contributed by atoms with Gasteiger partial charge in [-0.3, -0.25) is 0 Å². The van der Waals surface area contributed by atoms with Crippen molar-refractivity contribution in [2.24, 2.45) is 0 Å². The summed E-state index contributed by atoms with van der Waals surface area (Å²) in [5, 5.41) is 9.96. The number of aliphatic hydroxyl groups is 1. The van der Waals surface area contributed by atoms with Crippen molar-refractivity contribution in [3.8, 4) is 0 Å². The highest BCUT2D eigenvalue weighted by Crippen LogP contribution is 2.23. The van der Waals surface area contributed by atoms with Crippen molar-refractivity contribution >= 4 is 23.2 Å². The monoisotopic (exact) mass is 203 g/mol. The second-order valence-electron chi connectivity index (χ2n) is 2.58. The quantitative estimate of drug-likeness (QED) is 0.785. The molecule has 0 fully saturated rings. The fraction of sp³-hybridized carbons (Fsp3) is 0.222. The van der Waals surface area contributed by atoms with Crippen molar-refractivity contribution in [1.29, 1.82) is 0 Å². The standard InChI is InChI=1S/C9H9Cl2O/c1-6(5-12)7-2-8(10)4-9(11)3-7/h2-4,6,12H,1,5H2. The van der Waals surface area contributed by atoms with Crippen LogP contribution in [-0.2, 0) is 0 Å². The SMILES string of the molecule is [CH2]C(CO)c1cc(Cl)cc(Cl)c1. The molecule has 1 aromatic carbocycles. The Morgan fingerprint density at radius 2 is 1.75 bits per heavy atom. The molecule has 0 aliphatic rings. The molecule has 65 valence electrons. The highest BCUT2D eigenvalue weighted by molar-refractivity contribution is 6.34. The van der Waals surface area contributed by atoms with Crippen LogP contribution in [0, 0.1) is 6.92 Å². The third-order valence-corrected chi connectivity index (χ3v) is 2.01. The van der Waals surface area contributed by atoms with Crippen LogP contribution in [0.1, 0.15) is 11.5 Å². The Bertz CT molecular complexity index is 253. The zero-order chi connectivity index (χ0) is 9.14. The lowest BCUT2D eigenvalue weighted by Gasteiger charge is -2.08. The molecule has 1 unspecified atom stereocenters. The maximum Gasteiger partial charge on any atom is 0.0499 e. The summed E-state index contributed by atoms with van der Waals surface area (Å²) in [5.41, 5.74) is 0.856. The van der Waals surface area contributed by atoms with Gasteiger partial charge in [-0.25, -0.2) is 0 Å². The van der Waals surface area contributed by atoms with Crippen molar-refractivity contribution in [3.05, 3.63) is 40.7 Å². The predicted molar refractivity (Wildman–Crippen MR) is 51.6 cm³/mol. The molecule has 1 rings (SSSR count). The number of aliphatic hydroxyl groups excluding tert-OH is 1. The molecule has 0 bridgehead atoms. The van der Waals surface area contributed by atoms with Gasteiger partial charge in [0, 0.05) is 22.6 Å². The third kappa shape index (κ3) is 2.37. The second-order valence-corrected chi connectivity index (χ2v) is 3.46. The first-order valence-corrected chi connectivity index (χ1v) is 4.29. The zero-order valence-electron chi connectivity index (χ0n) is 6.43. The molecule has 1 radical (unpaired) electrons. The normalized spacial score (nSPS) is 13.0. The van der Waals surface area contributed by atoms with Gasteiger partial charge in [0.2, 0.25) is 0 Å². The van der Waals surface area contributed by atoms with Crippen LogP contribution in [0.4, 0.5) is 0 Å². The van der Waals surface area contributed by atoms with E-state index in [0.717, 1.165) is 5.56 Å². The van der Waals surface area contributed by atoms with Gasteiger partial charge in [-0.05, 0) is 30.7 Å². The maximum absolute atomic E-state index is 8.82. The van der Waals surface area contributed by atoms with Gasteiger partial charge in [0.1, 0.15) is 0 Å². The van der Waals surface area contributed by atoms with E-state index in [1.54, 1.807) is 18.2 Å². The van der Waals surface area contributed by atoms with Crippen LogP contribution in [0.15, 0.2) is 18.2 Å². The molecule has 0 aromatic heterocycles. The van der Waals surface area contributed by atoms with E-state index in [9.17, 15) is 0 Å². The van der Waals surface area contributed by atoms with Crippen LogP contribution in [0.2, 0.25) is 10.0 Å². The minimum absolute atomic E-state index is 0.00330. The van der Waals surface area contributed by atoms with Gasteiger partial charge < -0.3 is 5.11 Å². The minimum atomic E-state index is -0.166. The summed E-state index contributed by atoms with van der Waals surface area (Å²) in [6, 6.07) is 5.15. The number of hydrogen-bond acceptors (Lipinski definition) is 1. The summed E-state index contributed by atoms with van der Waals surface area (Å²) < 4.78 is 0. The molecule has 0 amide bonds. The Labute approximate surface area is 81.9 Å². The highest BCUT2D eigenvalue weighted by Gasteiger charge is 2.05. The van der Waals surface area contributed by atoms with E-state index < -0.39 is 0 Å². The summed E-state index contributed by atoms with van der Waals surface area (Å²) in [5.74, 6) is -0.166. The van der Waals surface area contributed by atoms with E-state index in [1.807, 2.05) is 0 Å². The Hall–Kier alpha value is -0.240. The zero-order valence-corrected chi connectivity index (χ0v) is 7.94. The molecule has 1 aromatic rings. The average molecular weight is 204 g/mol. The lowest BCUT2D eigenvalue weighted by molar-refractivity contribution is 0.282. The molecule has 0 aliphatic carbocycles. The largest absolute Gasteiger partial charge is 0.396 e. The van der Waals surface area contributed by atoms with E-state index in [0.29, 0.717) is 10.0 Å². The molecule has 1 nitrogen and oxygen atoms in total. The Balaban J connectivity index is 3.00. The van der Waals surface area contributed by atoms with Crippen molar-refractivity contribution < 1.29 is 5.11 Å². The summed E-state index contributed by atoms with van der Waals surface area (Å²) in [7, 11) is 0. The molecule has 3 heteroatoms. The van der Waals surface area contributed by atoms with E-state index in [2.05, 4.69) is 6.92 Å². The topological polar surface area (TPSA) is 20.2 Å². The molecule has 12 heavy (non-hydrogen) atoms. The second kappa shape index (κ2) is 4.13. The third-order valence-electron chi connectivity index (χ3n) is 1.58. The fourth-order valence-corrected chi connectivity index (χ4v) is 1.46. The summed E-state index contributed by atoms with van der Waals surface area (Å²) in [6.45, 7) is 3.74. The number of benzene rings is 1. The number of rotatable bonds is 2. The molecule has 0 saturated carbocycles. The fourth-order valence-electron chi connectivity index (χ4n) is 0.916. The molecule has 0 heterocycles. The minimum Gasteiger partial charge on any atom is -0.396 e. The smallest absolute Gasteiger partial charge is 0.0499 e. The van der Waals surface area contributed by atoms with Crippen molar-refractivity contribution in [2.75, 3.05) is 6.61 Å². The Kier molecular flexibility index (Phi) is 3.39. The van der Waals surface area contributed by atoms with Gasteiger partial charge >= 0.3 is 0 Å². The van der Waals surface area contributed by atoms with Gasteiger partial charge in [0.05, 0.1) is 0 Å². The lowest BCUT2D eigenvalue weighted by atomic mass is 10.0. The molecule has 0 aliphatic heterocycles. The first-order chi connectivity index (χ1) is 5.63. The molecular formula is C9H9Cl2O. The van der Waals surface area contributed by atoms with Crippen LogP contribution in [-0.4, -0.2) is 11.7 Å². The van der Waals surface area contributed by atoms with Gasteiger partial charge in [-0.15, -0.1) is 0 Å². The summed E-state index contributed by atoms with van der Waals surface area (Å²) in [4.78, 5) is 0. The van der Waals surface area contributed by atoms with Crippen LogP contribution < -0.4 is 0 Å². The van der Waals surface area contributed by atoms with Crippen molar-refractivity contribution in [3.63, 3.8) is 0 Å². The van der Waals surface area contributed by atoms with E-state index in [4.69, 9.17) is 28.3 Å². The van der Waals surface area contributed by atoms with Crippen molar-refractivity contribution in [2.45, 2.75) is 5.92 Å². The molecular weight excluding hydrogens is 195 g/mol. The summed E-state index contributed by atoms with van der Waals surface area (Å²) >= 11 is 11.5. The van der Waals surface area contributed by atoms with Gasteiger partial charge in [-0.1, -0.05) is 23.2 Å². The van der Waals surface area contributed by atoms with Crippen LogP contribution >= 0.6 is 23.2 Å². The first-order valence-electron chi connectivity index (χ1n) is 3.53. The van der Waals surface area contributed by atoms with Gasteiger partial charge in [0.25, 0.3) is 0 Å². The Morgan fingerprint density at radius 3 is 2.17 bits per heavy atom. The number of hydrogen-bond donors (Lipinski definition) is 1.